The highest BCUT2D eigenvalue weighted by molar-refractivity contribution is 5.94. The Labute approximate surface area is 112 Å². The summed E-state index contributed by atoms with van der Waals surface area (Å²) in [6, 6.07) is 3.02. The SMILES string of the molecule is CC(O)CC1CCCCN1C(=O)c1cc[nH]c(=O)c1. The molecule has 2 rings (SSSR count). The van der Waals surface area contributed by atoms with E-state index in [1.807, 2.05) is 0 Å². The van der Waals surface area contributed by atoms with Crippen LogP contribution in [0.25, 0.3) is 0 Å². The molecule has 1 aromatic rings. The number of amides is 1. The van der Waals surface area contributed by atoms with Crippen LogP contribution in [-0.2, 0) is 0 Å². The average Bonchev–Trinajstić information content (AvgIpc) is 2.38. The van der Waals surface area contributed by atoms with E-state index in [0.717, 1.165) is 19.3 Å². The molecule has 0 aromatic carbocycles. The zero-order chi connectivity index (χ0) is 13.8. The van der Waals surface area contributed by atoms with Crippen LogP contribution in [0.5, 0.6) is 0 Å². The summed E-state index contributed by atoms with van der Waals surface area (Å²) in [6.07, 6.45) is 4.64. The van der Waals surface area contributed by atoms with Gasteiger partial charge in [0.2, 0.25) is 5.56 Å². The van der Waals surface area contributed by atoms with Crippen molar-refractivity contribution in [2.75, 3.05) is 6.54 Å². The molecular formula is C14H20N2O3. The van der Waals surface area contributed by atoms with E-state index >= 15 is 0 Å². The standard InChI is InChI=1S/C14H20N2O3/c1-10(17)8-12-4-2-3-7-16(12)14(19)11-5-6-15-13(18)9-11/h5-6,9-10,12,17H,2-4,7-8H2,1H3,(H,15,18). The molecule has 104 valence electrons. The third-order valence-electron chi connectivity index (χ3n) is 3.52. The number of aliphatic hydroxyl groups is 1. The Kier molecular flexibility index (Phi) is 4.37. The maximum atomic E-state index is 12.4. The summed E-state index contributed by atoms with van der Waals surface area (Å²) < 4.78 is 0. The van der Waals surface area contributed by atoms with Crippen molar-refractivity contribution in [1.29, 1.82) is 0 Å². The lowest BCUT2D eigenvalue weighted by Gasteiger charge is -2.36. The van der Waals surface area contributed by atoms with Crippen molar-refractivity contribution in [1.82, 2.24) is 9.88 Å². The molecule has 0 bridgehead atoms. The minimum Gasteiger partial charge on any atom is -0.393 e. The number of aromatic nitrogens is 1. The van der Waals surface area contributed by atoms with Crippen molar-refractivity contribution in [3.63, 3.8) is 0 Å². The number of likely N-dealkylation sites (tertiary alicyclic amines) is 1. The van der Waals surface area contributed by atoms with E-state index in [9.17, 15) is 14.7 Å². The van der Waals surface area contributed by atoms with Gasteiger partial charge in [0.1, 0.15) is 0 Å². The van der Waals surface area contributed by atoms with Gasteiger partial charge in [-0.25, -0.2) is 0 Å². The summed E-state index contributed by atoms with van der Waals surface area (Å²) in [6.45, 7) is 2.44. The number of aromatic amines is 1. The Bertz CT molecular complexity index is 495. The second-order valence-corrected chi connectivity index (χ2v) is 5.17. The van der Waals surface area contributed by atoms with Gasteiger partial charge in [-0.15, -0.1) is 0 Å². The molecule has 0 aliphatic carbocycles. The monoisotopic (exact) mass is 264 g/mol. The third kappa shape index (κ3) is 3.44. The quantitative estimate of drug-likeness (QED) is 0.859. The summed E-state index contributed by atoms with van der Waals surface area (Å²) in [4.78, 5) is 28.0. The molecule has 5 heteroatoms. The fraction of sp³-hybridized carbons (Fsp3) is 0.571. The molecule has 1 fully saturated rings. The average molecular weight is 264 g/mol. The van der Waals surface area contributed by atoms with Crippen LogP contribution < -0.4 is 5.56 Å². The van der Waals surface area contributed by atoms with Crippen LogP contribution in [0.2, 0.25) is 0 Å². The van der Waals surface area contributed by atoms with Crippen LogP contribution in [0.15, 0.2) is 23.1 Å². The summed E-state index contributed by atoms with van der Waals surface area (Å²) >= 11 is 0. The van der Waals surface area contributed by atoms with E-state index in [-0.39, 0.29) is 17.5 Å². The van der Waals surface area contributed by atoms with Gasteiger partial charge in [-0.3, -0.25) is 9.59 Å². The number of rotatable bonds is 3. The lowest BCUT2D eigenvalue weighted by molar-refractivity contribution is 0.0514. The molecule has 5 nitrogen and oxygen atoms in total. The Morgan fingerprint density at radius 1 is 1.58 bits per heavy atom. The van der Waals surface area contributed by atoms with Crippen molar-refractivity contribution < 1.29 is 9.90 Å². The van der Waals surface area contributed by atoms with E-state index in [0.29, 0.717) is 18.5 Å². The van der Waals surface area contributed by atoms with Crippen LogP contribution >= 0.6 is 0 Å². The van der Waals surface area contributed by atoms with Crippen LogP contribution in [-0.4, -0.2) is 39.6 Å². The van der Waals surface area contributed by atoms with Crippen molar-refractivity contribution in [2.24, 2.45) is 0 Å². The summed E-state index contributed by atoms with van der Waals surface area (Å²) in [5.74, 6) is -0.114. The molecular weight excluding hydrogens is 244 g/mol. The second kappa shape index (κ2) is 6.02. The number of H-pyrrole nitrogens is 1. The van der Waals surface area contributed by atoms with E-state index in [1.54, 1.807) is 17.9 Å². The molecule has 2 N–H and O–H groups in total. The molecule has 2 unspecified atom stereocenters. The van der Waals surface area contributed by atoms with Gasteiger partial charge in [0.15, 0.2) is 0 Å². The Morgan fingerprint density at radius 3 is 3.05 bits per heavy atom. The zero-order valence-electron chi connectivity index (χ0n) is 11.1. The van der Waals surface area contributed by atoms with Crippen molar-refractivity contribution in [3.8, 4) is 0 Å². The number of carbonyl (C=O) groups is 1. The second-order valence-electron chi connectivity index (χ2n) is 5.17. The fourth-order valence-electron chi connectivity index (χ4n) is 2.65. The molecule has 2 heterocycles. The van der Waals surface area contributed by atoms with Crippen molar-refractivity contribution >= 4 is 5.91 Å². The Hall–Kier alpha value is -1.62. The van der Waals surface area contributed by atoms with Gasteiger partial charge in [0.05, 0.1) is 6.10 Å². The number of hydrogen-bond acceptors (Lipinski definition) is 3. The first-order valence-corrected chi connectivity index (χ1v) is 6.75. The molecule has 2 atom stereocenters. The Balaban J connectivity index is 2.17. The molecule has 1 aliphatic rings. The number of aliphatic hydroxyl groups excluding tert-OH is 1. The van der Waals surface area contributed by atoms with E-state index < -0.39 is 6.10 Å². The van der Waals surface area contributed by atoms with Crippen molar-refractivity contribution in [3.05, 3.63) is 34.2 Å². The molecule has 1 aliphatic heterocycles. The summed E-state index contributed by atoms with van der Waals surface area (Å²) in [5, 5.41) is 9.53. The smallest absolute Gasteiger partial charge is 0.254 e. The highest BCUT2D eigenvalue weighted by Crippen LogP contribution is 2.22. The van der Waals surface area contributed by atoms with Crippen LogP contribution in [0.1, 0.15) is 43.0 Å². The number of nitrogens with one attached hydrogen (secondary N) is 1. The largest absolute Gasteiger partial charge is 0.393 e. The summed E-state index contributed by atoms with van der Waals surface area (Å²) in [7, 11) is 0. The molecule has 0 saturated carbocycles. The van der Waals surface area contributed by atoms with Crippen LogP contribution in [0.3, 0.4) is 0 Å². The van der Waals surface area contributed by atoms with Crippen molar-refractivity contribution in [2.45, 2.75) is 44.8 Å². The molecule has 19 heavy (non-hydrogen) atoms. The number of piperidine rings is 1. The molecule has 1 saturated heterocycles. The van der Waals surface area contributed by atoms with E-state index in [4.69, 9.17) is 0 Å². The lowest BCUT2D eigenvalue weighted by atomic mass is 9.96. The lowest BCUT2D eigenvalue weighted by Crippen LogP contribution is -2.45. The number of hydrogen-bond donors (Lipinski definition) is 2. The first kappa shape index (κ1) is 13.8. The topological polar surface area (TPSA) is 73.4 Å². The number of carbonyl (C=O) groups excluding carboxylic acids is 1. The van der Waals surface area contributed by atoms with E-state index in [1.165, 1.54) is 12.3 Å². The van der Waals surface area contributed by atoms with Gasteiger partial charge in [0, 0.05) is 30.4 Å². The predicted molar refractivity (Wildman–Crippen MR) is 72.0 cm³/mol. The fourth-order valence-corrected chi connectivity index (χ4v) is 2.65. The molecule has 1 aromatic heterocycles. The zero-order valence-corrected chi connectivity index (χ0v) is 11.1. The maximum Gasteiger partial charge on any atom is 0.254 e. The van der Waals surface area contributed by atoms with Crippen LogP contribution in [0, 0.1) is 0 Å². The summed E-state index contributed by atoms with van der Waals surface area (Å²) in [5.41, 5.74) is 0.149. The van der Waals surface area contributed by atoms with Gasteiger partial charge in [0.25, 0.3) is 5.91 Å². The minimum atomic E-state index is -0.419. The first-order chi connectivity index (χ1) is 9.08. The predicted octanol–water partition coefficient (Wildman–Crippen LogP) is 1.14. The number of nitrogens with zero attached hydrogens (tertiary/aromatic N) is 1. The van der Waals surface area contributed by atoms with Gasteiger partial charge in [-0.1, -0.05) is 0 Å². The van der Waals surface area contributed by atoms with E-state index in [2.05, 4.69) is 4.98 Å². The Morgan fingerprint density at radius 2 is 2.37 bits per heavy atom. The maximum absolute atomic E-state index is 12.4. The first-order valence-electron chi connectivity index (χ1n) is 6.75. The minimum absolute atomic E-state index is 0.0699. The molecule has 0 spiro atoms. The van der Waals surface area contributed by atoms with Gasteiger partial charge in [-0.2, -0.15) is 0 Å². The highest BCUT2D eigenvalue weighted by atomic mass is 16.3. The third-order valence-corrected chi connectivity index (χ3v) is 3.52. The molecule has 0 radical (unpaired) electrons. The highest BCUT2D eigenvalue weighted by Gasteiger charge is 2.28. The van der Waals surface area contributed by atoms with Gasteiger partial charge in [-0.05, 0) is 38.7 Å². The van der Waals surface area contributed by atoms with Gasteiger partial charge < -0.3 is 15.0 Å². The van der Waals surface area contributed by atoms with Gasteiger partial charge >= 0.3 is 0 Å². The normalized spacial score (nSPS) is 21.2. The molecule has 1 amide bonds. The van der Waals surface area contributed by atoms with Crippen LogP contribution in [0.4, 0.5) is 0 Å². The number of pyridine rings is 1.